The van der Waals surface area contributed by atoms with Crippen molar-refractivity contribution in [2.24, 2.45) is 0 Å². The Kier molecular flexibility index (Phi) is 6.55. The lowest BCUT2D eigenvalue weighted by Crippen LogP contribution is -2.48. The molecule has 3 aromatic rings. The van der Waals surface area contributed by atoms with Gasteiger partial charge < -0.3 is 14.2 Å². The lowest BCUT2D eigenvalue weighted by Gasteiger charge is -2.34. The van der Waals surface area contributed by atoms with E-state index in [4.69, 9.17) is 14.2 Å². The maximum Gasteiger partial charge on any atom is 0.243 e. The number of hydrogen-bond acceptors (Lipinski definition) is 6. The molecule has 0 spiro atoms. The van der Waals surface area contributed by atoms with E-state index in [2.05, 4.69) is 4.90 Å². The third-order valence-electron chi connectivity index (χ3n) is 5.87. The van der Waals surface area contributed by atoms with Crippen LogP contribution >= 0.6 is 0 Å². The van der Waals surface area contributed by atoms with E-state index in [0.29, 0.717) is 54.9 Å². The summed E-state index contributed by atoms with van der Waals surface area (Å²) in [6.45, 7) is 2.76. The Balaban J connectivity index is 1.47. The fourth-order valence-electron chi connectivity index (χ4n) is 4.13. The van der Waals surface area contributed by atoms with Crippen molar-refractivity contribution in [1.29, 1.82) is 0 Å². The van der Waals surface area contributed by atoms with Gasteiger partial charge in [-0.25, -0.2) is 8.42 Å². The molecule has 7 nitrogen and oxygen atoms in total. The SMILES string of the molecule is COc1ccc(CN2CCN(S(=O)(=O)c3ccc4ccccc4c3)CC2)c(OC)c1OC. The lowest BCUT2D eigenvalue weighted by atomic mass is 10.1. The molecule has 1 aliphatic rings. The number of rotatable bonds is 7. The molecule has 3 aromatic carbocycles. The van der Waals surface area contributed by atoms with Gasteiger partial charge in [-0.05, 0) is 29.0 Å². The fourth-order valence-corrected chi connectivity index (χ4v) is 5.59. The molecular weight excluding hydrogens is 428 g/mol. The van der Waals surface area contributed by atoms with E-state index >= 15 is 0 Å². The summed E-state index contributed by atoms with van der Waals surface area (Å²) >= 11 is 0. The standard InChI is InChI=1S/C24H28N2O5S/c1-29-22-11-9-20(23(30-2)24(22)31-3)17-25-12-14-26(15-13-25)32(27,28)21-10-8-18-6-4-5-7-19(18)16-21/h4-11,16H,12-15,17H2,1-3H3. The van der Waals surface area contributed by atoms with Gasteiger partial charge in [0.1, 0.15) is 0 Å². The molecule has 1 heterocycles. The van der Waals surface area contributed by atoms with Crippen LogP contribution in [0.4, 0.5) is 0 Å². The summed E-state index contributed by atoms with van der Waals surface area (Å²) in [5.74, 6) is 1.81. The Bertz CT molecular complexity index is 1200. The van der Waals surface area contributed by atoms with Gasteiger partial charge >= 0.3 is 0 Å². The zero-order valence-corrected chi connectivity index (χ0v) is 19.4. The first-order chi connectivity index (χ1) is 15.5. The predicted molar refractivity (Wildman–Crippen MR) is 124 cm³/mol. The molecule has 0 bridgehead atoms. The van der Waals surface area contributed by atoms with E-state index in [1.807, 2.05) is 42.5 Å². The van der Waals surface area contributed by atoms with Gasteiger partial charge in [-0.15, -0.1) is 0 Å². The second kappa shape index (κ2) is 9.36. The summed E-state index contributed by atoms with van der Waals surface area (Å²) in [6, 6.07) is 16.9. The number of ether oxygens (including phenoxy) is 3. The van der Waals surface area contributed by atoms with Gasteiger partial charge in [0.05, 0.1) is 26.2 Å². The first-order valence-corrected chi connectivity index (χ1v) is 11.9. The van der Waals surface area contributed by atoms with Gasteiger partial charge in [-0.2, -0.15) is 4.31 Å². The summed E-state index contributed by atoms with van der Waals surface area (Å²) in [6.07, 6.45) is 0. The van der Waals surface area contributed by atoms with E-state index in [9.17, 15) is 8.42 Å². The van der Waals surface area contributed by atoms with E-state index < -0.39 is 10.0 Å². The molecule has 0 aromatic heterocycles. The molecule has 0 radical (unpaired) electrons. The number of sulfonamides is 1. The second-order valence-corrected chi connectivity index (χ2v) is 9.62. The molecule has 4 rings (SSSR count). The number of fused-ring (bicyclic) bond motifs is 1. The van der Waals surface area contributed by atoms with Gasteiger partial charge in [0.25, 0.3) is 0 Å². The molecule has 32 heavy (non-hydrogen) atoms. The molecule has 0 unspecified atom stereocenters. The highest BCUT2D eigenvalue weighted by atomic mass is 32.2. The van der Waals surface area contributed by atoms with Crippen molar-refractivity contribution in [2.45, 2.75) is 11.4 Å². The summed E-state index contributed by atoms with van der Waals surface area (Å²) < 4.78 is 44.4. The van der Waals surface area contributed by atoms with Gasteiger partial charge in [0.2, 0.25) is 15.8 Å². The highest BCUT2D eigenvalue weighted by Gasteiger charge is 2.29. The van der Waals surface area contributed by atoms with E-state index in [1.165, 1.54) is 0 Å². The average molecular weight is 457 g/mol. The van der Waals surface area contributed by atoms with Crippen LogP contribution < -0.4 is 14.2 Å². The number of methoxy groups -OCH3 is 3. The molecule has 0 aliphatic carbocycles. The van der Waals surface area contributed by atoms with E-state index in [1.54, 1.807) is 37.8 Å². The van der Waals surface area contributed by atoms with Crippen molar-refractivity contribution in [1.82, 2.24) is 9.21 Å². The summed E-state index contributed by atoms with van der Waals surface area (Å²) in [7, 11) is 1.24. The third-order valence-corrected chi connectivity index (χ3v) is 7.76. The summed E-state index contributed by atoms with van der Waals surface area (Å²) in [5, 5.41) is 1.95. The lowest BCUT2D eigenvalue weighted by molar-refractivity contribution is 0.179. The molecule has 8 heteroatoms. The van der Waals surface area contributed by atoms with Gasteiger partial charge in [-0.1, -0.05) is 36.4 Å². The second-order valence-electron chi connectivity index (χ2n) is 7.68. The molecule has 1 aliphatic heterocycles. The van der Waals surface area contributed by atoms with Crippen molar-refractivity contribution >= 4 is 20.8 Å². The quantitative estimate of drug-likeness (QED) is 0.543. The Morgan fingerprint density at radius 3 is 2.12 bits per heavy atom. The van der Waals surface area contributed by atoms with Crippen molar-refractivity contribution in [3.05, 3.63) is 60.2 Å². The zero-order chi connectivity index (χ0) is 22.7. The maximum absolute atomic E-state index is 13.2. The van der Waals surface area contributed by atoms with Crippen molar-refractivity contribution in [3.63, 3.8) is 0 Å². The van der Waals surface area contributed by atoms with Crippen LogP contribution in [0.1, 0.15) is 5.56 Å². The minimum Gasteiger partial charge on any atom is -0.493 e. The minimum atomic E-state index is -3.54. The molecule has 1 fully saturated rings. The van der Waals surface area contributed by atoms with E-state index in [-0.39, 0.29) is 0 Å². The first kappa shape index (κ1) is 22.4. The highest BCUT2D eigenvalue weighted by Crippen LogP contribution is 2.40. The maximum atomic E-state index is 13.2. The smallest absolute Gasteiger partial charge is 0.243 e. The number of piperazine rings is 1. The number of benzene rings is 3. The van der Waals surface area contributed by atoms with E-state index in [0.717, 1.165) is 16.3 Å². The van der Waals surface area contributed by atoms with Crippen LogP contribution in [-0.2, 0) is 16.6 Å². The minimum absolute atomic E-state index is 0.339. The highest BCUT2D eigenvalue weighted by molar-refractivity contribution is 7.89. The summed E-state index contributed by atoms with van der Waals surface area (Å²) in [5.41, 5.74) is 0.969. The topological polar surface area (TPSA) is 68.3 Å². The predicted octanol–water partition coefficient (Wildman–Crippen LogP) is 3.37. The van der Waals surface area contributed by atoms with Crippen molar-refractivity contribution in [3.8, 4) is 17.2 Å². The van der Waals surface area contributed by atoms with Crippen LogP contribution in [-0.4, -0.2) is 65.1 Å². The molecule has 0 amide bonds. The van der Waals surface area contributed by atoms with Crippen LogP contribution in [0.2, 0.25) is 0 Å². The summed E-state index contributed by atoms with van der Waals surface area (Å²) in [4.78, 5) is 2.56. The van der Waals surface area contributed by atoms with Crippen LogP contribution in [0, 0.1) is 0 Å². The average Bonchev–Trinajstić information content (AvgIpc) is 2.83. The van der Waals surface area contributed by atoms with Crippen LogP contribution in [0.15, 0.2) is 59.5 Å². The molecule has 0 atom stereocenters. The molecule has 0 saturated carbocycles. The Labute approximate surface area is 189 Å². The Morgan fingerprint density at radius 2 is 1.47 bits per heavy atom. The fraction of sp³-hybridized carbons (Fsp3) is 0.333. The normalized spacial score (nSPS) is 15.6. The number of hydrogen-bond donors (Lipinski definition) is 0. The van der Waals surface area contributed by atoms with Gasteiger partial charge in [0, 0.05) is 38.3 Å². The van der Waals surface area contributed by atoms with Crippen molar-refractivity contribution in [2.75, 3.05) is 47.5 Å². The van der Waals surface area contributed by atoms with Gasteiger partial charge in [0.15, 0.2) is 11.5 Å². The van der Waals surface area contributed by atoms with Crippen LogP contribution in [0.25, 0.3) is 10.8 Å². The molecule has 170 valence electrons. The van der Waals surface area contributed by atoms with Crippen molar-refractivity contribution < 1.29 is 22.6 Å². The molecular formula is C24H28N2O5S. The first-order valence-electron chi connectivity index (χ1n) is 10.5. The van der Waals surface area contributed by atoms with Gasteiger partial charge in [-0.3, -0.25) is 4.90 Å². The largest absolute Gasteiger partial charge is 0.493 e. The monoisotopic (exact) mass is 456 g/mol. The molecule has 0 N–H and O–H groups in total. The van der Waals surface area contributed by atoms with Crippen LogP contribution in [0.3, 0.4) is 0 Å². The number of nitrogens with zero attached hydrogens (tertiary/aromatic N) is 2. The Morgan fingerprint density at radius 1 is 0.781 bits per heavy atom. The third kappa shape index (κ3) is 4.26. The zero-order valence-electron chi connectivity index (χ0n) is 18.6. The Hall–Kier alpha value is -2.81. The van der Waals surface area contributed by atoms with Crippen LogP contribution in [0.5, 0.6) is 17.2 Å². The molecule has 1 saturated heterocycles.